The molecule has 0 aliphatic rings. The van der Waals surface area contributed by atoms with Crippen molar-refractivity contribution in [2.75, 3.05) is 4.90 Å². The molecule has 0 saturated heterocycles. The Morgan fingerprint density at radius 2 is 1.00 bits per heavy atom. The van der Waals surface area contributed by atoms with E-state index in [1.807, 2.05) is 0 Å². The van der Waals surface area contributed by atoms with E-state index in [2.05, 4.69) is 216 Å². The van der Waals surface area contributed by atoms with Crippen LogP contribution in [0.2, 0.25) is 0 Å². The second kappa shape index (κ2) is 12.5. The lowest BCUT2D eigenvalue weighted by Crippen LogP contribution is -2.10. The number of hydrogen-bond donors (Lipinski definition) is 0. The van der Waals surface area contributed by atoms with E-state index in [0.29, 0.717) is 0 Å². The SMILES string of the molecule is c1ccc(N(c2ccc3ccc4ccccc4c3c2)c2cccc3c2oc2cc(-c4cccc5c4c4ccccc4n5-c4ccccc4)c4ccccc4c23)cc1. The highest BCUT2D eigenvalue weighted by Gasteiger charge is 2.23. The van der Waals surface area contributed by atoms with E-state index in [0.717, 1.165) is 50.3 Å². The van der Waals surface area contributed by atoms with Crippen LogP contribution in [-0.4, -0.2) is 4.57 Å². The van der Waals surface area contributed by atoms with Crippen molar-refractivity contribution in [3.63, 3.8) is 0 Å². The smallest absolute Gasteiger partial charge is 0.159 e. The molecule has 0 bridgehead atoms. The second-order valence-corrected chi connectivity index (χ2v) is 14.8. The van der Waals surface area contributed by atoms with Crippen molar-refractivity contribution in [1.82, 2.24) is 4.57 Å². The molecule has 3 heteroatoms. The highest BCUT2D eigenvalue weighted by molar-refractivity contribution is 6.26. The summed E-state index contributed by atoms with van der Waals surface area (Å²) in [6, 6.07) is 74.3. The van der Waals surface area contributed by atoms with Crippen LogP contribution < -0.4 is 4.90 Å². The lowest BCUT2D eigenvalue weighted by atomic mass is 9.92. The number of rotatable bonds is 5. The Bertz CT molecular complexity index is 3520. The zero-order valence-corrected chi connectivity index (χ0v) is 30.9. The molecular weight excluding hydrogens is 693 g/mol. The first-order chi connectivity index (χ1) is 28.3. The van der Waals surface area contributed by atoms with Crippen molar-refractivity contribution in [3.05, 3.63) is 206 Å². The summed E-state index contributed by atoms with van der Waals surface area (Å²) in [5.74, 6) is 0. The number of para-hydroxylation sites is 4. The average Bonchev–Trinajstić information content (AvgIpc) is 3.83. The minimum atomic E-state index is 0.857. The molecule has 0 radical (unpaired) electrons. The predicted molar refractivity (Wildman–Crippen MR) is 241 cm³/mol. The molecule has 12 rings (SSSR count). The Morgan fingerprint density at radius 1 is 0.368 bits per heavy atom. The van der Waals surface area contributed by atoms with Crippen LogP contribution in [0.15, 0.2) is 211 Å². The third-order valence-electron chi connectivity index (χ3n) is 11.7. The van der Waals surface area contributed by atoms with Gasteiger partial charge in [-0.25, -0.2) is 0 Å². The fourth-order valence-corrected chi connectivity index (χ4v) is 9.28. The maximum Gasteiger partial charge on any atom is 0.159 e. The van der Waals surface area contributed by atoms with E-state index in [1.54, 1.807) is 0 Å². The number of nitrogens with zero attached hydrogens (tertiary/aromatic N) is 2. The molecule has 0 aliphatic heterocycles. The average molecular weight is 727 g/mol. The molecule has 0 N–H and O–H groups in total. The van der Waals surface area contributed by atoms with Gasteiger partial charge in [0.2, 0.25) is 0 Å². The largest absolute Gasteiger partial charge is 0.454 e. The van der Waals surface area contributed by atoms with E-state index in [1.165, 1.54) is 59.7 Å². The zero-order chi connectivity index (χ0) is 37.5. The standard InChI is InChI=1S/C54H34N2O/c1-3-16-37(17-4-1)55(39-32-31-36-30-29-35-15-7-8-20-40(35)46(36)33-39)50-28-14-25-45-53-42-22-10-9-21-41(42)47(34-51(53)57-54(45)50)43-24-13-27-49-52(43)44-23-11-12-26-48(44)56(49)38-18-5-2-6-19-38/h1-34H. The lowest BCUT2D eigenvalue weighted by molar-refractivity contribution is 0.669. The van der Waals surface area contributed by atoms with Crippen LogP contribution >= 0.6 is 0 Å². The van der Waals surface area contributed by atoms with Crippen LogP contribution in [0.1, 0.15) is 0 Å². The van der Waals surface area contributed by atoms with Crippen LogP contribution in [0, 0.1) is 0 Å². The number of fused-ring (bicyclic) bond motifs is 11. The summed E-state index contributed by atoms with van der Waals surface area (Å²) in [4.78, 5) is 2.34. The van der Waals surface area contributed by atoms with Gasteiger partial charge in [-0.1, -0.05) is 146 Å². The van der Waals surface area contributed by atoms with Gasteiger partial charge in [0.15, 0.2) is 5.58 Å². The topological polar surface area (TPSA) is 21.3 Å². The molecule has 0 atom stereocenters. The van der Waals surface area contributed by atoms with Gasteiger partial charge < -0.3 is 13.9 Å². The van der Waals surface area contributed by atoms with Crippen molar-refractivity contribution in [1.29, 1.82) is 0 Å². The quantitative estimate of drug-likeness (QED) is 0.165. The summed E-state index contributed by atoms with van der Waals surface area (Å²) in [6.07, 6.45) is 0. The van der Waals surface area contributed by atoms with Crippen molar-refractivity contribution in [2.24, 2.45) is 0 Å². The Balaban J connectivity index is 1.13. The van der Waals surface area contributed by atoms with E-state index in [-0.39, 0.29) is 0 Å². The molecule has 3 nitrogen and oxygen atoms in total. The van der Waals surface area contributed by atoms with Crippen LogP contribution in [-0.2, 0) is 0 Å². The van der Waals surface area contributed by atoms with Gasteiger partial charge in [-0.2, -0.15) is 0 Å². The summed E-state index contributed by atoms with van der Waals surface area (Å²) < 4.78 is 9.55. The molecular formula is C54H34N2O. The number of aromatic nitrogens is 1. The van der Waals surface area contributed by atoms with Crippen molar-refractivity contribution in [2.45, 2.75) is 0 Å². The third kappa shape index (κ3) is 4.79. The number of anilines is 3. The fraction of sp³-hybridized carbons (Fsp3) is 0. The predicted octanol–water partition coefficient (Wildman–Crippen LogP) is 15.3. The highest BCUT2D eigenvalue weighted by atomic mass is 16.3. The first-order valence-electron chi connectivity index (χ1n) is 19.5. The van der Waals surface area contributed by atoms with Gasteiger partial charge in [-0.3, -0.25) is 0 Å². The Kier molecular flexibility index (Phi) is 6.93. The number of furan rings is 1. The third-order valence-corrected chi connectivity index (χ3v) is 11.7. The molecule has 57 heavy (non-hydrogen) atoms. The van der Waals surface area contributed by atoms with E-state index < -0.39 is 0 Å². The molecule has 0 spiro atoms. The van der Waals surface area contributed by atoms with Crippen LogP contribution in [0.4, 0.5) is 17.1 Å². The summed E-state index contributed by atoms with van der Waals surface area (Å²) in [6.45, 7) is 0. The van der Waals surface area contributed by atoms with E-state index >= 15 is 0 Å². The molecule has 0 amide bonds. The van der Waals surface area contributed by atoms with Crippen LogP contribution in [0.5, 0.6) is 0 Å². The maximum absolute atomic E-state index is 7.16. The molecule has 0 fully saturated rings. The first kappa shape index (κ1) is 31.7. The Hall–Kier alpha value is -7.62. The van der Waals surface area contributed by atoms with Gasteiger partial charge in [0, 0.05) is 38.6 Å². The molecule has 0 aliphatic carbocycles. The summed E-state index contributed by atoms with van der Waals surface area (Å²) >= 11 is 0. The molecule has 266 valence electrons. The van der Waals surface area contributed by atoms with Gasteiger partial charge in [0.25, 0.3) is 0 Å². The minimum Gasteiger partial charge on any atom is -0.454 e. The molecule has 2 heterocycles. The molecule has 12 aromatic rings. The van der Waals surface area contributed by atoms with Gasteiger partial charge >= 0.3 is 0 Å². The maximum atomic E-state index is 7.16. The van der Waals surface area contributed by atoms with E-state index in [9.17, 15) is 0 Å². The van der Waals surface area contributed by atoms with E-state index in [4.69, 9.17) is 4.42 Å². The minimum absolute atomic E-state index is 0.857. The lowest BCUT2D eigenvalue weighted by Gasteiger charge is -2.26. The monoisotopic (exact) mass is 726 g/mol. The van der Waals surface area contributed by atoms with Crippen molar-refractivity contribution < 1.29 is 4.42 Å². The number of benzene rings is 10. The number of hydrogen-bond acceptors (Lipinski definition) is 2. The first-order valence-corrected chi connectivity index (χ1v) is 19.5. The van der Waals surface area contributed by atoms with Gasteiger partial charge in [0.1, 0.15) is 5.58 Å². The fourth-order valence-electron chi connectivity index (χ4n) is 9.28. The Labute approximate surface area is 328 Å². The van der Waals surface area contributed by atoms with Gasteiger partial charge in [-0.05, 0) is 104 Å². The molecule has 0 saturated carbocycles. The second-order valence-electron chi connectivity index (χ2n) is 14.8. The zero-order valence-electron chi connectivity index (χ0n) is 30.9. The van der Waals surface area contributed by atoms with Crippen molar-refractivity contribution >= 4 is 93.1 Å². The van der Waals surface area contributed by atoms with Gasteiger partial charge in [0.05, 0.1) is 16.7 Å². The van der Waals surface area contributed by atoms with Crippen LogP contribution in [0.25, 0.3) is 92.9 Å². The molecule has 10 aromatic carbocycles. The van der Waals surface area contributed by atoms with Gasteiger partial charge in [-0.15, -0.1) is 0 Å². The summed E-state index contributed by atoms with van der Waals surface area (Å²) in [5, 5.41) is 12.0. The molecule has 0 unspecified atom stereocenters. The van der Waals surface area contributed by atoms with Crippen LogP contribution in [0.3, 0.4) is 0 Å². The molecule has 2 aromatic heterocycles. The normalized spacial score (nSPS) is 11.9. The summed E-state index contributed by atoms with van der Waals surface area (Å²) in [7, 11) is 0. The van der Waals surface area contributed by atoms with Crippen molar-refractivity contribution in [3.8, 4) is 16.8 Å². The summed E-state index contributed by atoms with van der Waals surface area (Å²) in [5.41, 5.74) is 10.7. The Morgan fingerprint density at radius 3 is 1.84 bits per heavy atom. The highest BCUT2D eigenvalue weighted by Crippen LogP contribution is 2.48.